The Bertz CT molecular complexity index is 943. The SMILES string of the molecule is CC(C)n1nc2n(c(=O)c1=O)CC1(CCN(Cc3cnn(C)c3)C1)OC2. The standard InChI is InChI=1S/C17H24N6O3/c1-12(2)23-16(25)15(24)22-11-17(26-9-14(22)19-23)4-5-21(10-17)8-13-6-18-20(3)7-13/h6-7,12H,4-5,8-11H2,1-3H3. The van der Waals surface area contributed by atoms with Gasteiger partial charge in [-0.2, -0.15) is 10.2 Å². The molecule has 26 heavy (non-hydrogen) atoms. The number of hydrogen-bond donors (Lipinski definition) is 0. The highest BCUT2D eigenvalue weighted by atomic mass is 16.5. The molecule has 4 heterocycles. The van der Waals surface area contributed by atoms with Crippen LogP contribution in [-0.4, -0.2) is 47.7 Å². The topological polar surface area (TPSA) is 87.2 Å². The Morgan fingerprint density at radius 3 is 2.77 bits per heavy atom. The molecule has 0 saturated carbocycles. The van der Waals surface area contributed by atoms with E-state index in [9.17, 15) is 9.59 Å². The fourth-order valence-electron chi connectivity index (χ4n) is 3.85. The summed E-state index contributed by atoms with van der Waals surface area (Å²) < 4.78 is 10.7. The Kier molecular flexibility index (Phi) is 4.07. The Hall–Kier alpha value is -2.26. The predicted octanol–water partition coefficient (Wildman–Crippen LogP) is -0.106. The molecule has 2 aliphatic heterocycles. The van der Waals surface area contributed by atoms with E-state index in [4.69, 9.17) is 4.74 Å². The molecule has 0 N–H and O–H groups in total. The molecule has 1 fully saturated rings. The van der Waals surface area contributed by atoms with Gasteiger partial charge in [0.2, 0.25) is 0 Å². The summed E-state index contributed by atoms with van der Waals surface area (Å²) in [5.41, 5.74) is -0.348. The maximum absolute atomic E-state index is 12.6. The van der Waals surface area contributed by atoms with Gasteiger partial charge in [-0.25, -0.2) is 4.68 Å². The van der Waals surface area contributed by atoms with Crippen LogP contribution in [-0.2, 0) is 31.5 Å². The van der Waals surface area contributed by atoms with Crippen molar-refractivity contribution in [2.75, 3.05) is 13.1 Å². The van der Waals surface area contributed by atoms with Crippen LogP contribution in [0.2, 0.25) is 0 Å². The zero-order valence-corrected chi connectivity index (χ0v) is 15.4. The first-order valence-corrected chi connectivity index (χ1v) is 8.93. The molecule has 0 bridgehead atoms. The van der Waals surface area contributed by atoms with Gasteiger partial charge >= 0.3 is 11.1 Å². The first-order chi connectivity index (χ1) is 12.4. The summed E-state index contributed by atoms with van der Waals surface area (Å²) in [6, 6.07) is -0.154. The van der Waals surface area contributed by atoms with E-state index in [1.807, 2.05) is 33.3 Å². The van der Waals surface area contributed by atoms with Gasteiger partial charge in [-0.15, -0.1) is 0 Å². The van der Waals surface area contributed by atoms with Crippen molar-refractivity contribution in [2.24, 2.45) is 7.05 Å². The third kappa shape index (κ3) is 2.90. The number of hydrogen-bond acceptors (Lipinski definition) is 6. The number of likely N-dealkylation sites (tertiary alicyclic amines) is 1. The summed E-state index contributed by atoms with van der Waals surface area (Å²) in [6.45, 7) is 6.71. The van der Waals surface area contributed by atoms with Crippen LogP contribution in [0.4, 0.5) is 0 Å². The molecule has 1 atom stereocenters. The molecule has 4 rings (SSSR count). The van der Waals surface area contributed by atoms with Crippen molar-refractivity contribution in [1.82, 2.24) is 29.0 Å². The van der Waals surface area contributed by atoms with E-state index >= 15 is 0 Å². The first-order valence-electron chi connectivity index (χ1n) is 8.93. The van der Waals surface area contributed by atoms with Crippen LogP contribution in [0.5, 0.6) is 0 Å². The van der Waals surface area contributed by atoms with Gasteiger partial charge in [-0.3, -0.25) is 23.7 Å². The van der Waals surface area contributed by atoms with Gasteiger partial charge in [0.1, 0.15) is 12.2 Å². The quantitative estimate of drug-likeness (QED) is 0.710. The Labute approximate surface area is 150 Å². The predicted molar refractivity (Wildman–Crippen MR) is 93.8 cm³/mol. The molecule has 9 nitrogen and oxygen atoms in total. The number of aryl methyl sites for hydroxylation is 1. The van der Waals surface area contributed by atoms with E-state index in [2.05, 4.69) is 15.1 Å². The minimum absolute atomic E-state index is 0.154. The lowest BCUT2D eigenvalue weighted by Crippen LogP contribution is -2.53. The summed E-state index contributed by atoms with van der Waals surface area (Å²) in [4.78, 5) is 27.2. The summed E-state index contributed by atoms with van der Waals surface area (Å²) in [5.74, 6) is 0.527. The molecular weight excluding hydrogens is 336 g/mol. The molecule has 1 saturated heterocycles. The minimum Gasteiger partial charge on any atom is -0.364 e. The molecule has 2 aliphatic rings. The van der Waals surface area contributed by atoms with Crippen LogP contribution in [0, 0.1) is 0 Å². The van der Waals surface area contributed by atoms with Crippen molar-refractivity contribution in [3.63, 3.8) is 0 Å². The van der Waals surface area contributed by atoms with Gasteiger partial charge in [0.05, 0.1) is 18.8 Å². The monoisotopic (exact) mass is 360 g/mol. The van der Waals surface area contributed by atoms with Crippen LogP contribution < -0.4 is 11.1 Å². The normalized spacial score (nSPS) is 23.1. The van der Waals surface area contributed by atoms with Crippen LogP contribution >= 0.6 is 0 Å². The first kappa shape index (κ1) is 17.2. The molecule has 0 aromatic carbocycles. The molecule has 1 spiro atoms. The second-order valence-electron chi connectivity index (χ2n) is 7.61. The summed E-state index contributed by atoms with van der Waals surface area (Å²) in [5, 5.41) is 8.54. The van der Waals surface area contributed by atoms with E-state index in [1.54, 1.807) is 4.68 Å². The fourth-order valence-corrected chi connectivity index (χ4v) is 3.85. The lowest BCUT2D eigenvalue weighted by molar-refractivity contribution is -0.0860. The van der Waals surface area contributed by atoms with Crippen molar-refractivity contribution >= 4 is 0 Å². The maximum Gasteiger partial charge on any atom is 0.332 e. The molecule has 0 radical (unpaired) electrons. The molecule has 0 aliphatic carbocycles. The van der Waals surface area contributed by atoms with Gasteiger partial charge in [0, 0.05) is 38.4 Å². The number of rotatable bonds is 3. The van der Waals surface area contributed by atoms with Gasteiger partial charge in [-0.1, -0.05) is 0 Å². The molecular formula is C17H24N6O3. The van der Waals surface area contributed by atoms with Crippen molar-refractivity contribution < 1.29 is 4.74 Å². The zero-order chi connectivity index (χ0) is 18.5. The molecule has 0 amide bonds. The van der Waals surface area contributed by atoms with Gasteiger partial charge in [-0.05, 0) is 20.3 Å². The number of aromatic nitrogens is 5. The third-order valence-electron chi connectivity index (χ3n) is 5.17. The maximum atomic E-state index is 12.6. The molecule has 1 unspecified atom stereocenters. The smallest absolute Gasteiger partial charge is 0.332 e. The average molecular weight is 360 g/mol. The highest BCUT2D eigenvalue weighted by Gasteiger charge is 2.43. The highest BCUT2D eigenvalue weighted by Crippen LogP contribution is 2.31. The Morgan fingerprint density at radius 2 is 2.08 bits per heavy atom. The fraction of sp³-hybridized carbons (Fsp3) is 0.647. The third-order valence-corrected chi connectivity index (χ3v) is 5.17. The van der Waals surface area contributed by atoms with Crippen LogP contribution in [0.1, 0.15) is 37.7 Å². The van der Waals surface area contributed by atoms with Gasteiger partial charge in [0.25, 0.3) is 0 Å². The van der Waals surface area contributed by atoms with E-state index in [1.165, 1.54) is 9.25 Å². The van der Waals surface area contributed by atoms with Crippen LogP contribution in [0.3, 0.4) is 0 Å². The summed E-state index contributed by atoms with van der Waals surface area (Å²) >= 11 is 0. The average Bonchev–Trinajstić information content (AvgIpc) is 3.18. The Morgan fingerprint density at radius 1 is 1.27 bits per heavy atom. The molecule has 9 heteroatoms. The summed E-state index contributed by atoms with van der Waals surface area (Å²) in [6.07, 6.45) is 4.70. The van der Waals surface area contributed by atoms with Crippen molar-refractivity contribution in [1.29, 1.82) is 0 Å². The second kappa shape index (κ2) is 6.17. The van der Waals surface area contributed by atoms with E-state index in [0.29, 0.717) is 12.4 Å². The van der Waals surface area contributed by atoms with Crippen molar-refractivity contribution in [2.45, 2.75) is 51.6 Å². The van der Waals surface area contributed by atoms with E-state index in [0.717, 1.165) is 31.6 Å². The Balaban J connectivity index is 1.56. The van der Waals surface area contributed by atoms with Crippen molar-refractivity contribution in [3.05, 3.63) is 44.5 Å². The zero-order valence-electron chi connectivity index (χ0n) is 15.4. The second-order valence-corrected chi connectivity index (χ2v) is 7.61. The molecule has 140 valence electrons. The molecule has 2 aromatic rings. The molecule has 2 aromatic heterocycles. The highest BCUT2D eigenvalue weighted by molar-refractivity contribution is 5.06. The number of nitrogens with zero attached hydrogens (tertiary/aromatic N) is 6. The number of ether oxygens (including phenoxy) is 1. The lowest BCUT2D eigenvalue weighted by atomic mass is 10.0. The minimum atomic E-state index is -0.564. The van der Waals surface area contributed by atoms with Gasteiger partial charge < -0.3 is 4.74 Å². The van der Waals surface area contributed by atoms with Gasteiger partial charge in [0.15, 0.2) is 5.82 Å². The van der Waals surface area contributed by atoms with Crippen LogP contribution in [0.25, 0.3) is 0 Å². The summed E-state index contributed by atoms with van der Waals surface area (Å²) in [7, 11) is 1.90. The largest absolute Gasteiger partial charge is 0.364 e. The number of fused-ring (bicyclic) bond motifs is 1. The van der Waals surface area contributed by atoms with Crippen LogP contribution in [0.15, 0.2) is 22.0 Å². The van der Waals surface area contributed by atoms with E-state index < -0.39 is 16.7 Å². The lowest BCUT2D eigenvalue weighted by Gasteiger charge is -2.35. The van der Waals surface area contributed by atoms with E-state index in [-0.39, 0.29) is 12.6 Å². The van der Waals surface area contributed by atoms with Crippen molar-refractivity contribution in [3.8, 4) is 0 Å².